The maximum Gasteiger partial charge on any atom is 0.193 e. The summed E-state index contributed by atoms with van der Waals surface area (Å²) in [6, 6.07) is 2.58. The van der Waals surface area contributed by atoms with Crippen LogP contribution >= 0.6 is 11.3 Å². The minimum absolute atomic E-state index is 0.147. The molecule has 0 saturated carbocycles. The molecule has 114 valence electrons. The number of hydrogen-bond acceptors (Lipinski definition) is 7. The van der Waals surface area contributed by atoms with Crippen molar-refractivity contribution in [2.75, 3.05) is 31.8 Å². The van der Waals surface area contributed by atoms with Gasteiger partial charge in [-0.3, -0.25) is 0 Å². The largest absolute Gasteiger partial charge is 0.383 e. The molecule has 1 fully saturated rings. The van der Waals surface area contributed by atoms with E-state index in [-0.39, 0.29) is 15.7 Å². The van der Waals surface area contributed by atoms with E-state index >= 15 is 0 Å². The van der Waals surface area contributed by atoms with Gasteiger partial charge in [-0.1, -0.05) is 6.07 Å². The molecule has 1 aromatic rings. The van der Waals surface area contributed by atoms with Crippen molar-refractivity contribution in [3.8, 4) is 0 Å². The summed E-state index contributed by atoms with van der Waals surface area (Å²) in [4.78, 5) is 0. The lowest BCUT2D eigenvalue weighted by Gasteiger charge is -2.18. The zero-order chi connectivity index (χ0) is 14.8. The van der Waals surface area contributed by atoms with Crippen molar-refractivity contribution in [1.82, 2.24) is 5.32 Å². The van der Waals surface area contributed by atoms with Crippen molar-refractivity contribution < 1.29 is 21.6 Å². The van der Waals surface area contributed by atoms with Crippen LogP contribution in [0.3, 0.4) is 0 Å². The Hall–Kier alpha value is -0.480. The van der Waals surface area contributed by atoms with Crippen LogP contribution < -0.4 is 5.32 Å². The molecular weight excluding hydrogens is 322 g/mol. The first-order valence-electron chi connectivity index (χ1n) is 6.07. The minimum atomic E-state index is -3.62. The molecule has 1 aromatic heterocycles. The lowest BCUT2D eigenvalue weighted by Crippen LogP contribution is -2.44. The Labute approximate surface area is 123 Å². The van der Waals surface area contributed by atoms with E-state index in [4.69, 9.17) is 4.74 Å². The molecule has 2 atom stereocenters. The summed E-state index contributed by atoms with van der Waals surface area (Å²) in [6.45, 7) is 0.829. The summed E-state index contributed by atoms with van der Waals surface area (Å²) in [5.74, 6) is -0.468. The van der Waals surface area contributed by atoms with E-state index in [9.17, 15) is 16.8 Å². The Kier molecular flexibility index (Phi) is 4.85. The third-order valence-electron chi connectivity index (χ3n) is 3.19. The van der Waals surface area contributed by atoms with Gasteiger partial charge in [-0.15, -0.1) is 11.3 Å². The fraction of sp³-hybridized carbons (Fsp3) is 0.636. The van der Waals surface area contributed by atoms with Crippen molar-refractivity contribution in [3.05, 3.63) is 17.5 Å². The monoisotopic (exact) mass is 339 g/mol. The highest BCUT2D eigenvalue weighted by molar-refractivity contribution is 7.97. The summed E-state index contributed by atoms with van der Waals surface area (Å²) < 4.78 is 53.6. The van der Waals surface area contributed by atoms with Gasteiger partial charge in [0.2, 0.25) is 0 Å². The quantitative estimate of drug-likeness (QED) is 0.730. The molecule has 6 nitrogen and oxygen atoms in total. The molecule has 2 heterocycles. The lowest BCUT2D eigenvalue weighted by atomic mass is 10.2. The van der Waals surface area contributed by atoms with Crippen molar-refractivity contribution in [2.24, 2.45) is 0 Å². The van der Waals surface area contributed by atoms with Gasteiger partial charge in [-0.05, 0) is 11.4 Å². The molecule has 0 amide bonds. The highest BCUT2D eigenvalue weighted by Gasteiger charge is 2.45. The first kappa shape index (κ1) is 15.9. The maximum atomic E-state index is 12.5. The van der Waals surface area contributed by atoms with Crippen LogP contribution in [0.15, 0.2) is 21.7 Å². The zero-order valence-corrected chi connectivity index (χ0v) is 13.4. The molecule has 1 saturated heterocycles. The summed E-state index contributed by atoms with van der Waals surface area (Å²) in [7, 11) is -5.42. The molecular formula is C11H17NO5S3. The number of thiophene rings is 1. The normalized spacial score (nSPS) is 25.9. The number of rotatable bonds is 6. The molecule has 1 aliphatic rings. The summed E-state index contributed by atoms with van der Waals surface area (Å²) in [6.07, 6.45) is 0. The highest BCUT2D eigenvalue weighted by atomic mass is 32.2. The second-order valence-electron chi connectivity index (χ2n) is 4.65. The van der Waals surface area contributed by atoms with Crippen LogP contribution in [0.25, 0.3) is 0 Å². The van der Waals surface area contributed by atoms with Crippen LogP contribution in [0.5, 0.6) is 0 Å². The van der Waals surface area contributed by atoms with Gasteiger partial charge in [-0.2, -0.15) is 0 Å². The summed E-state index contributed by atoms with van der Waals surface area (Å²) >= 11 is 1.11. The zero-order valence-electron chi connectivity index (χ0n) is 11.0. The van der Waals surface area contributed by atoms with E-state index in [1.807, 2.05) is 0 Å². The SMILES string of the molecule is COCCNC1CS(=O)(=O)CC1S(=O)(=O)c1cccs1. The number of methoxy groups -OCH3 is 1. The predicted molar refractivity (Wildman–Crippen MR) is 77.6 cm³/mol. The highest BCUT2D eigenvalue weighted by Crippen LogP contribution is 2.28. The Morgan fingerprint density at radius 1 is 1.45 bits per heavy atom. The molecule has 20 heavy (non-hydrogen) atoms. The smallest absolute Gasteiger partial charge is 0.193 e. The van der Waals surface area contributed by atoms with Gasteiger partial charge in [-0.25, -0.2) is 16.8 Å². The molecule has 0 radical (unpaired) electrons. The number of sulfone groups is 2. The Bertz CT molecular complexity index is 636. The molecule has 0 bridgehead atoms. The van der Waals surface area contributed by atoms with E-state index < -0.39 is 31.0 Å². The van der Waals surface area contributed by atoms with Crippen molar-refractivity contribution in [3.63, 3.8) is 0 Å². The van der Waals surface area contributed by atoms with E-state index in [2.05, 4.69) is 5.32 Å². The fourth-order valence-electron chi connectivity index (χ4n) is 2.23. The second-order valence-corrected chi connectivity index (χ2v) is 10.1. The van der Waals surface area contributed by atoms with E-state index in [1.165, 1.54) is 13.2 Å². The van der Waals surface area contributed by atoms with Gasteiger partial charge in [0.1, 0.15) is 4.21 Å². The second kappa shape index (κ2) is 6.10. The fourth-order valence-corrected chi connectivity index (χ4v) is 8.17. The average Bonchev–Trinajstić information content (AvgIpc) is 2.97. The van der Waals surface area contributed by atoms with Crippen LogP contribution in [0, 0.1) is 0 Å². The molecule has 2 rings (SSSR count). The Morgan fingerprint density at radius 2 is 2.20 bits per heavy atom. The molecule has 0 aliphatic carbocycles. The predicted octanol–water partition coefficient (Wildman–Crippen LogP) is -0.0766. The first-order chi connectivity index (χ1) is 9.37. The van der Waals surface area contributed by atoms with Crippen LogP contribution in [0.4, 0.5) is 0 Å². The molecule has 0 spiro atoms. The summed E-state index contributed by atoms with van der Waals surface area (Å²) in [5.41, 5.74) is 0. The van der Waals surface area contributed by atoms with Crippen LogP contribution in [-0.4, -0.2) is 59.9 Å². The Morgan fingerprint density at radius 3 is 2.80 bits per heavy atom. The average molecular weight is 339 g/mol. The third kappa shape index (κ3) is 3.40. The Balaban J connectivity index is 2.23. The molecule has 2 unspecified atom stereocenters. The topological polar surface area (TPSA) is 89.5 Å². The van der Waals surface area contributed by atoms with Crippen LogP contribution in [0.1, 0.15) is 0 Å². The molecule has 1 aliphatic heterocycles. The van der Waals surface area contributed by atoms with Gasteiger partial charge in [0.15, 0.2) is 19.7 Å². The van der Waals surface area contributed by atoms with Crippen molar-refractivity contribution in [2.45, 2.75) is 15.5 Å². The van der Waals surface area contributed by atoms with Crippen LogP contribution in [-0.2, 0) is 24.4 Å². The summed E-state index contributed by atoms with van der Waals surface area (Å²) in [5, 5.41) is 3.72. The molecule has 0 aromatic carbocycles. The third-order valence-corrected chi connectivity index (χ3v) is 8.77. The van der Waals surface area contributed by atoms with Gasteiger partial charge >= 0.3 is 0 Å². The number of nitrogens with one attached hydrogen (secondary N) is 1. The first-order valence-corrected chi connectivity index (χ1v) is 10.3. The van der Waals surface area contributed by atoms with E-state index in [0.29, 0.717) is 13.2 Å². The molecule has 1 N–H and O–H groups in total. The number of hydrogen-bond donors (Lipinski definition) is 1. The lowest BCUT2D eigenvalue weighted by molar-refractivity contribution is 0.196. The van der Waals surface area contributed by atoms with Gasteiger partial charge in [0, 0.05) is 19.7 Å². The molecule has 9 heteroatoms. The van der Waals surface area contributed by atoms with Crippen molar-refractivity contribution in [1.29, 1.82) is 0 Å². The van der Waals surface area contributed by atoms with Gasteiger partial charge in [0.25, 0.3) is 0 Å². The van der Waals surface area contributed by atoms with Crippen molar-refractivity contribution >= 4 is 31.0 Å². The number of ether oxygens (including phenoxy) is 1. The van der Waals surface area contributed by atoms with E-state index in [1.54, 1.807) is 11.4 Å². The standard InChI is InChI=1S/C11H17NO5S3/c1-17-5-4-12-9-7-19(13,14)8-10(9)20(15,16)11-3-2-6-18-11/h2-3,6,9-10,12H,4-5,7-8H2,1H3. The maximum absolute atomic E-state index is 12.5. The van der Waals surface area contributed by atoms with Gasteiger partial charge in [0.05, 0.1) is 23.4 Å². The van der Waals surface area contributed by atoms with Crippen LogP contribution in [0.2, 0.25) is 0 Å². The van der Waals surface area contributed by atoms with Gasteiger partial charge < -0.3 is 10.1 Å². The minimum Gasteiger partial charge on any atom is -0.383 e. The van der Waals surface area contributed by atoms with E-state index in [0.717, 1.165) is 11.3 Å².